The molecule has 8 nitrogen and oxygen atoms in total. The van der Waals surface area contributed by atoms with Crippen LogP contribution in [0.2, 0.25) is 0 Å². The smallest absolute Gasteiger partial charge is 0.333 e. The molecule has 0 unspecified atom stereocenters. The van der Waals surface area contributed by atoms with Gasteiger partial charge in [-0.25, -0.2) is 4.79 Å². The quantitative estimate of drug-likeness (QED) is 0.303. The zero-order valence-electron chi connectivity index (χ0n) is 21.0. The van der Waals surface area contributed by atoms with E-state index in [4.69, 9.17) is 0 Å². The summed E-state index contributed by atoms with van der Waals surface area (Å²) in [6.07, 6.45) is 10.8. The SMILES string of the molecule is C=NCc1ccc2c(c1)C(C)(C)C/C=C(/C(C#N)=C/C=C/c1c(O)n(C)c(=O)n(C)c1=O)\C=C/[N+]2=C. The Morgan fingerprint density at radius 3 is 2.69 bits per heavy atom. The van der Waals surface area contributed by atoms with Crippen LogP contribution < -0.4 is 11.2 Å². The second kappa shape index (κ2) is 10.4. The van der Waals surface area contributed by atoms with E-state index in [1.165, 1.54) is 26.2 Å². The fourth-order valence-corrected chi connectivity index (χ4v) is 4.04. The average Bonchev–Trinajstić information content (AvgIpc) is 2.90. The lowest BCUT2D eigenvalue weighted by Gasteiger charge is -2.24. The van der Waals surface area contributed by atoms with E-state index in [1.54, 1.807) is 16.9 Å². The van der Waals surface area contributed by atoms with Crippen molar-refractivity contribution < 1.29 is 9.68 Å². The summed E-state index contributed by atoms with van der Waals surface area (Å²) < 4.78 is 3.67. The third-order valence-electron chi connectivity index (χ3n) is 6.28. The van der Waals surface area contributed by atoms with Crippen LogP contribution in [0, 0.1) is 11.3 Å². The van der Waals surface area contributed by atoms with E-state index in [0.717, 1.165) is 25.9 Å². The molecule has 1 aromatic carbocycles. The fourth-order valence-electron chi connectivity index (χ4n) is 4.04. The molecule has 36 heavy (non-hydrogen) atoms. The van der Waals surface area contributed by atoms with Gasteiger partial charge in [-0.2, -0.15) is 9.84 Å². The molecule has 0 saturated heterocycles. The molecule has 0 spiro atoms. The molecule has 0 bridgehead atoms. The van der Waals surface area contributed by atoms with E-state index >= 15 is 0 Å². The van der Waals surface area contributed by atoms with Gasteiger partial charge >= 0.3 is 5.69 Å². The van der Waals surface area contributed by atoms with E-state index in [2.05, 4.69) is 44.4 Å². The Balaban J connectivity index is 2.03. The maximum atomic E-state index is 12.4. The molecule has 0 saturated carbocycles. The Kier molecular flexibility index (Phi) is 7.54. The van der Waals surface area contributed by atoms with Crippen molar-refractivity contribution in [2.24, 2.45) is 19.1 Å². The van der Waals surface area contributed by atoms with Crippen LogP contribution in [0.1, 0.15) is 37.0 Å². The second-order valence-electron chi connectivity index (χ2n) is 9.26. The first-order chi connectivity index (χ1) is 17.0. The fraction of sp³-hybridized carbons (Fsp3) is 0.250. The molecular formula is C28H30N5O3+. The summed E-state index contributed by atoms with van der Waals surface area (Å²) >= 11 is 0. The zero-order valence-corrected chi connectivity index (χ0v) is 21.0. The van der Waals surface area contributed by atoms with Crippen LogP contribution in [0.3, 0.4) is 0 Å². The molecular weight excluding hydrogens is 454 g/mol. The molecule has 1 aliphatic heterocycles. The molecule has 0 amide bonds. The van der Waals surface area contributed by atoms with E-state index in [1.807, 2.05) is 24.3 Å². The van der Waals surface area contributed by atoms with Crippen LogP contribution in [0.5, 0.6) is 5.88 Å². The molecule has 8 heteroatoms. The predicted octanol–water partition coefficient (Wildman–Crippen LogP) is 3.62. The van der Waals surface area contributed by atoms with Crippen LogP contribution in [0.4, 0.5) is 5.69 Å². The molecule has 1 N–H and O–H groups in total. The van der Waals surface area contributed by atoms with Crippen molar-refractivity contribution in [3.05, 3.63) is 97.4 Å². The number of hydrogen-bond acceptors (Lipinski definition) is 5. The number of hydrogen-bond donors (Lipinski definition) is 1. The molecule has 0 aliphatic carbocycles. The molecule has 0 fully saturated rings. The molecule has 184 valence electrons. The maximum absolute atomic E-state index is 12.4. The van der Waals surface area contributed by atoms with Crippen molar-refractivity contribution in [1.29, 1.82) is 5.26 Å². The van der Waals surface area contributed by atoms with Crippen LogP contribution >= 0.6 is 0 Å². The minimum atomic E-state index is -0.627. The first-order valence-corrected chi connectivity index (χ1v) is 11.3. The van der Waals surface area contributed by atoms with Crippen molar-refractivity contribution in [2.45, 2.75) is 32.2 Å². The minimum Gasteiger partial charge on any atom is -0.494 e. The molecule has 2 heterocycles. The van der Waals surface area contributed by atoms with E-state index in [9.17, 15) is 20.0 Å². The van der Waals surface area contributed by atoms with Crippen molar-refractivity contribution in [3.8, 4) is 11.9 Å². The highest BCUT2D eigenvalue weighted by atomic mass is 16.3. The highest BCUT2D eigenvalue weighted by molar-refractivity contribution is 5.58. The van der Waals surface area contributed by atoms with Gasteiger partial charge < -0.3 is 5.11 Å². The van der Waals surface area contributed by atoms with Crippen molar-refractivity contribution >= 4 is 25.2 Å². The van der Waals surface area contributed by atoms with Gasteiger partial charge in [-0.05, 0) is 47.9 Å². The van der Waals surface area contributed by atoms with E-state index < -0.39 is 17.1 Å². The van der Waals surface area contributed by atoms with Crippen LogP contribution in [0.25, 0.3) is 6.08 Å². The predicted molar refractivity (Wildman–Crippen MR) is 143 cm³/mol. The number of allylic oxidation sites excluding steroid dienone is 6. The maximum Gasteiger partial charge on any atom is 0.333 e. The lowest BCUT2D eigenvalue weighted by molar-refractivity contribution is -0.350. The highest BCUT2D eigenvalue weighted by Gasteiger charge is 2.28. The Morgan fingerprint density at radius 2 is 2.03 bits per heavy atom. The van der Waals surface area contributed by atoms with Gasteiger partial charge in [0, 0.05) is 31.8 Å². The Bertz CT molecular complexity index is 1520. The summed E-state index contributed by atoms with van der Waals surface area (Å²) in [5.74, 6) is -0.439. The van der Waals surface area contributed by atoms with Gasteiger partial charge in [0.15, 0.2) is 6.20 Å². The third-order valence-corrected chi connectivity index (χ3v) is 6.28. The number of aromatic hydroxyl groups is 1. The van der Waals surface area contributed by atoms with Gasteiger partial charge in [0.1, 0.15) is 12.3 Å². The number of aliphatic imine (C=N–C) groups is 1. The lowest BCUT2D eigenvalue weighted by Crippen LogP contribution is -2.37. The van der Waals surface area contributed by atoms with Gasteiger partial charge in [0.25, 0.3) is 5.56 Å². The molecule has 0 atom stereocenters. The van der Waals surface area contributed by atoms with Crippen molar-refractivity contribution in [1.82, 2.24) is 9.13 Å². The summed E-state index contributed by atoms with van der Waals surface area (Å²) in [5.41, 5.74) is 2.65. The molecule has 1 aromatic heterocycles. The number of rotatable bonds is 5. The summed E-state index contributed by atoms with van der Waals surface area (Å²) in [4.78, 5) is 28.4. The second-order valence-corrected chi connectivity index (χ2v) is 9.26. The summed E-state index contributed by atoms with van der Waals surface area (Å²) in [6, 6.07) is 8.36. The van der Waals surface area contributed by atoms with Crippen LogP contribution in [-0.4, -0.2) is 32.3 Å². The molecule has 0 radical (unpaired) electrons. The first kappa shape index (κ1) is 26.1. The minimum absolute atomic E-state index is 0.0440. The van der Waals surface area contributed by atoms with Gasteiger partial charge in [-0.15, -0.1) is 0 Å². The Hall–Kier alpha value is -4.51. The van der Waals surface area contributed by atoms with Crippen LogP contribution in [0.15, 0.2) is 74.4 Å². The summed E-state index contributed by atoms with van der Waals surface area (Å²) in [5, 5.41) is 20.1. The van der Waals surface area contributed by atoms with Crippen molar-refractivity contribution in [2.75, 3.05) is 0 Å². The number of nitrogens with zero attached hydrogens (tertiary/aromatic N) is 5. The standard InChI is InChI=1S/C28H29N5O3/c1-28(2)14-12-20(13-15-31(4)24-11-10-19(18-30-3)16-23(24)28)21(17-29)8-7-9-22-25(34)32(5)27(36)33(6)26(22)35/h7-13,15-16H,3-4,14,18H2,1-2,5-6H3/p+1/b9-7+,15-13-,20-12+,21-8+. The first-order valence-electron chi connectivity index (χ1n) is 11.3. The molecule has 1 aliphatic rings. The lowest BCUT2D eigenvalue weighted by atomic mass is 9.79. The Labute approximate surface area is 210 Å². The van der Waals surface area contributed by atoms with Gasteiger partial charge in [0.05, 0.1) is 18.2 Å². The third kappa shape index (κ3) is 5.10. The van der Waals surface area contributed by atoms with Crippen LogP contribution in [-0.2, 0) is 26.1 Å². The number of fused-ring (bicyclic) bond motifs is 1. The Morgan fingerprint density at radius 1 is 1.31 bits per heavy atom. The number of aromatic nitrogens is 2. The monoisotopic (exact) mass is 484 g/mol. The molecule has 2 aromatic rings. The van der Waals surface area contributed by atoms with Gasteiger partial charge in [-0.1, -0.05) is 32.1 Å². The summed E-state index contributed by atoms with van der Waals surface area (Å²) in [6.45, 7) is 12.6. The average molecular weight is 485 g/mol. The van der Waals surface area contributed by atoms with Gasteiger partial charge in [0.2, 0.25) is 11.6 Å². The number of nitriles is 1. The topological polar surface area (TPSA) is 103 Å². The molecule has 3 rings (SSSR count). The van der Waals surface area contributed by atoms with Crippen molar-refractivity contribution in [3.63, 3.8) is 0 Å². The number of benzene rings is 1. The van der Waals surface area contributed by atoms with E-state index in [-0.39, 0.29) is 11.0 Å². The highest BCUT2D eigenvalue weighted by Crippen LogP contribution is 2.37. The summed E-state index contributed by atoms with van der Waals surface area (Å²) in [7, 11) is 2.71. The zero-order chi connectivity index (χ0) is 26.6. The normalized spacial score (nSPS) is 17.8. The largest absolute Gasteiger partial charge is 0.494 e. The van der Waals surface area contributed by atoms with E-state index in [0.29, 0.717) is 24.1 Å². The van der Waals surface area contributed by atoms with Gasteiger partial charge in [-0.3, -0.25) is 18.9 Å².